The molecule has 3 rings (SSSR count). The van der Waals surface area contributed by atoms with Crippen molar-refractivity contribution in [3.63, 3.8) is 0 Å². The number of nitrogens with zero attached hydrogens (tertiary/aromatic N) is 2. The molecule has 6 heteroatoms. The van der Waals surface area contributed by atoms with Crippen molar-refractivity contribution in [2.45, 2.75) is 31.3 Å². The first kappa shape index (κ1) is 13.6. The number of nitrogens with one attached hydrogen (secondary N) is 2. The number of hydrogen-bond donors (Lipinski definition) is 2. The predicted octanol–water partition coefficient (Wildman–Crippen LogP) is 1.38. The van der Waals surface area contributed by atoms with Crippen LogP contribution in [0.1, 0.15) is 24.8 Å². The SMILES string of the molecule is N#Cc1ccsc1NC(=O)CN1CCC2CCC(C1)N2. The van der Waals surface area contributed by atoms with Gasteiger partial charge in [0.1, 0.15) is 11.1 Å². The Labute approximate surface area is 122 Å². The summed E-state index contributed by atoms with van der Waals surface area (Å²) in [6.07, 6.45) is 3.60. The van der Waals surface area contributed by atoms with Crippen molar-refractivity contribution in [3.8, 4) is 6.07 Å². The van der Waals surface area contributed by atoms with Gasteiger partial charge in [-0.15, -0.1) is 11.3 Å². The number of rotatable bonds is 3. The smallest absolute Gasteiger partial charge is 0.239 e. The van der Waals surface area contributed by atoms with Crippen LogP contribution in [0, 0.1) is 11.3 Å². The van der Waals surface area contributed by atoms with E-state index in [0.29, 0.717) is 29.2 Å². The first-order chi connectivity index (χ1) is 9.74. The van der Waals surface area contributed by atoms with Gasteiger partial charge < -0.3 is 10.6 Å². The summed E-state index contributed by atoms with van der Waals surface area (Å²) < 4.78 is 0. The molecule has 0 radical (unpaired) electrons. The second-order valence-corrected chi connectivity index (χ2v) is 6.40. The Hall–Kier alpha value is -1.42. The molecule has 0 spiro atoms. The van der Waals surface area contributed by atoms with Gasteiger partial charge in [-0.1, -0.05) is 0 Å². The highest BCUT2D eigenvalue weighted by Gasteiger charge is 2.29. The summed E-state index contributed by atoms with van der Waals surface area (Å²) >= 11 is 1.40. The number of anilines is 1. The number of amides is 1. The van der Waals surface area contributed by atoms with Crippen LogP contribution in [0.3, 0.4) is 0 Å². The van der Waals surface area contributed by atoms with Gasteiger partial charge in [0.2, 0.25) is 5.91 Å². The first-order valence-electron chi connectivity index (χ1n) is 7.00. The molecule has 0 aromatic carbocycles. The Kier molecular flexibility index (Phi) is 4.01. The Morgan fingerprint density at radius 2 is 2.35 bits per heavy atom. The molecule has 0 saturated carbocycles. The molecule has 2 saturated heterocycles. The van der Waals surface area contributed by atoms with Crippen LogP contribution in [0.15, 0.2) is 11.4 Å². The second kappa shape index (κ2) is 5.92. The van der Waals surface area contributed by atoms with Crippen molar-refractivity contribution >= 4 is 22.2 Å². The molecule has 1 aromatic rings. The molecule has 0 aliphatic carbocycles. The summed E-state index contributed by atoms with van der Waals surface area (Å²) in [5.74, 6) is -0.0262. The molecule has 2 atom stereocenters. The standard InChI is InChI=1S/C14H18N4OS/c15-7-10-4-6-20-14(10)17-13(19)9-18-5-3-11-1-2-12(8-18)16-11/h4,6,11-12,16H,1-3,5,8-9H2,(H,17,19). The summed E-state index contributed by atoms with van der Waals surface area (Å²) in [4.78, 5) is 14.3. The van der Waals surface area contributed by atoms with Crippen molar-refractivity contribution in [2.75, 3.05) is 25.0 Å². The number of carbonyl (C=O) groups is 1. The van der Waals surface area contributed by atoms with Gasteiger partial charge in [0, 0.05) is 25.2 Å². The minimum Gasteiger partial charge on any atom is -0.315 e. The van der Waals surface area contributed by atoms with Gasteiger partial charge in [0.25, 0.3) is 0 Å². The lowest BCUT2D eigenvalue weighted by molar-refractivity contribution is -0.117. The number of thiophene rings is 1. The topological polar surface area (TPSA) is 68.2 Å². The molecule has 2 fully saturated rings. The zero-order valence-corrected chi connectivity index (χ0v) is 12.1. The summed E-state index contributed by atoms with van der Waals surface area (Å²) in [6.45, 7) is 2.32. The molecular formula is C14H18N4OS. The van der Waals surface area contributed by atoms with Crippen LogP contribution in [0.2, 0.25) is 0 Å². The van der Waals surface area contributed by atoms with Gasteiger partial charge in [0.15, 0.2) is 0 Å². The quantitative estimate of drug-likeness (QED) is 0.882. The highest BCUT2D eigenvalue weighted by atomic mass is 32.1. The third kappa shape index (κ3) is 3.01. The Balaban J connectivity index is 1.55. The minimum absolute atomic E-state index is 0.0262. The number of carbonyl (C=O) groups excluding carboxylic acids is 1. The van der Waals surface area contributed by atoms with E-state index in [2.05, 4.69) is 21.6 Å². The molecule has 2 unspecified atom stereocenters. The lowest BCUT2D eigenvalue weighted by Crippen LogP contribution is -2.39. The third-order valence-corrected chi connectivity index (χ3v) is 4.84. The molecule has 5 nitrogen and oxygen atoms in total. The molecule has 20 heavy (non-hydrogen) atoms. The van der Waals surface area contributed by atoms with Crippen molar-refractivity contribution in [1.82, 2.24) is 10.2 Å². The highest BCUT2D eigenvalue weighted by Crippen LogP contribution is 2.23. The number of nitriles is 1. The Bertz CT molecular complexity index is 536. The Morgan fingerprint density at radius 3 is 3.20 bits per heavy atom. The van der Waals surface area contributed by atoms with Crippen LogP contribution in [0.4, 0.5) is 5.00 Å². The molecule has 3 heterocycles. The second-order valence-electron chi connectivity index (χ2n) is 5.49. The van der Waals surface area contributed by atoms with Crippen molar-refractivity contribution in [2.24, 2.45) is 0 Å². The fraction of sp³-hybridized carbons (Fsp3) is 0.571. The van der Waals surface area contributed by atoms with Crippen LogP contribution < -0.4 is 10.6 Å². The van der Waals surface area contributed by atoms with Crippen molar-refractivity contribution in [1.29, 1.82) is 5.26 Å². The predicted molar refractivity (Wildman–Crippen MR) is 78.7 cm³/mol. The number of hydrogen-bond acceptors (Lipinski definition) is 5. The van der Waals surface area contributed by atoms with E-state index < -0.39 is 0 Å². The molecule has 2 bridgehead atoms. The van der Waals surface area contributed by atoms with Crippen LogP contribution in [-0.2, 0) is 4.79 Å². The first-order valence-corrected chi connectivity index (χ1v) is 7.88. The zero-order valence-electron chi connectivity index (χ0n) is 11.3. The van der Waals surface area contributed by atoms with Crippen LogP contribution >= 0.6 is 11.3 Å². The number of likely N-dealkylation sites (tertiary alicyclic amines) is 1. The lowest BCUT2D eigenvalue weighted by Gasteiger charge is -2.23. The molecule has 2 aliphatic rings. The molecule has 2 N–H and O–H groups in total. The van der Waals surface area contributed by atoms with E-state index in [4.69, 9.17) is 5.26 Å². The van der Waals surface area contributed by atoms with Gasteiger partial charge in [-0.05, 0) is 30.7 Å². The van der Waals surface area contributed by atoms with Gasteiger partial charge >= 0.3 is 0 Å². The minimum atomic E-state index is -0.0262. The van der Waals surface area contributed by atoms with E-state index >= 15 is 0 Å². The van der Waals surface area contributed by atoms with Crippen LogP contribution in [0.5, 0.6) is 0 Å². The lowest BCUT2D eigenvalue weighted by atomic mass is 10.1. The van der Waals surface area contributed by atoms with Crippen molar-refractivity contribution < 1.29 is 4.79 Å². The van der Waals surface area contributed by atoms with E-state index in [9.17, 15) is 4.79 Å². The fourth-order valence-electron chi connectivity index (χ4n) is 3.02. The van der Waals surface area contributed by atoms with Gasteiger partial charge in [-0.2, -0.15) is 5.26 Å². The van der Waals surface area contributed by atoms with Crippen LogP contribution in [-0.4, -0.2) is 42.5 Å². The maximum Gasteiger partial charge on any atom is 0.239 e. The highest BCUT2D eigenvalue weighted by molar-refractivity contribution is 7.14. The molecule has 1 amide bonds. The van der Waals surface area contributed by atoms with Gasteiger partial charge in [-0.25, -0.2) is 0 Å². The average molecular weight is 290 g/mol. The monoisotopic (exact) mass is 290 g/mol. The van der Waals surface area contributed by atoms with Crippen LogP contribution in [0.25, 0.3) is 0 Å². The van der Waals surface area contributed by atoms with Crippen molar-refractivity contribution in [3.05, 3.63) is 17.0 Å². The maximum atomic E-state index is 12.1. The maximum absolute atomic E-state index is 12.1. The molecular weight excluding hydrogens is 272 g/mol. The average Bonchev–Trinajstić information content (AvgIpc) is 2.99. The number of fused-ring (bicyclic) bond motifs is 2. The normalized spacial score (nSPS) is 25.9. The summed E-state index contributed by atoms with van der Waals surface area (Å²) in [6, 6.07) is 4.99. The molecule has 106 valence electrons. The summed E-state index contributed by atoms with van der Waals surface area (Å²) in [5.41, 5.74) is 0.542. The van der Waals surface area contributed by atoms with E-state index in [1.54, 1.807) is 6.07 Å². The third-order valence-electron chi connectivity index (χ3n) is 4.01. The van der Waals surface area contributed by atoms with E-state index in [1.807, 2.05) is 5.38 Å². The van der Waals surface area contributed by atoms with Gasteiger partial charge in [-0.3, -0.25) is 9.69 Å². The molecule has 2 aliphatic heterocycles. The van der Waals surface area contributed by atoms with E-state index in [1.165, 1.54) is 24.2 Å². The zero-order chi connectivity index (χ0) is 13.9. The largest absolute Gasteiger partial charge is 0.315 e. The van der Waals surface area contributed by atoms with Gasteiger partial charge in [0.05, 0.1) is 12.1 Å². The van der Waals surface area contributed by atoms with E-state index in [0.717, 1.165) is 19.5 Å². The molecule has 1 aromatic heterocycles. The summed E-state index contributed by atoms with van der Waals surface area (Å²) in [5, 5.41) is 17.9. The van der Waals surface area contributed by atoms with E-state index in [-0.39, 0.29) is 5.91 Å². The fourth-order valence-corrected chi connectivity index (χ4v) is 3.78. The Morgan fingerprint density at radius 1 is 1.50 bits per heavy atom. The summed E-state index contributed by atoms with van der Waals surface area (Å²) in [7, 11) is 0.